The third kappa shape index (κ3) is 10.6. The summed E-state index contributed by atoms with van der Waals surface area (Å²) in [6, 6.07) is 15.7. The minimum atomic E-state index is 0. The molecule has 27 heavy (non-hydrogen) atoms. The summed E-state index contributed by atoms with van der Waals surface area (Å²) in [5.74, 6) is 2.64. The van der Waals surface area contributed by atoms with Gasteiger partial charge in [-0.05, 0) is 44.0 Å². The van der Waals surface area contributed by atoms with Crippen molar-refractivity contribution in [3.05, 3.63) is 54.7 Å². The number of nitrogens with zero attached hydrogens (tertiary/aromatic N) is 2. The lowest BCUT2D eigenvalue weighted by atomic mass is 10.3. The van der Waals surface area contributed by atoms with E-state index in [4.69, 9.17) is 4.74 Å². The summed E-state index contributed by atoms with van der Waals surface area (Å²) in [6.45, 7) is 5.91. The maximum absolute atomic E-state index is 5.67. The smallest absolute Gasteiger partial charge is 0.191 e. The van der Waals surface area contributed by atoms with Gasteiger partial charge in [-0.1, -0.05) is 24.3 Å². The lowest BCUT2D eigenvalue weighted by Crippen LogP contribution is -2.39. The van der Waals surface area contributed by atoms with Crippen LogP contribution in [0.5, 0.6) is 5.75 Å². The molecule has 0 fully saturated rings. The second kappa shape index (κ2) is 15.1. The molecule has 3 N–H and O–H groups in total. The van der Waals surface area contributed by atoms with Crippen LogP contribution in [0.4, 0.5) is 5.82 Å². The number of guanidine groups is 1. The Morgan fingerprint density at radius 2 is 1.81 bits per heavy atom. The maximum atomic E-state index is 5.67. The zero-order valence-corrected chi connectivity index (χ0v) is 18.2. The van der Waals surface area contributed by atoms with E-state index < -0.39 is 0 Å². The number of halogens is 1. The lowest BCUT2D eigenvalue weighted by molar-refractivity contribution is 0.322. The maximum Gasteiger partial charge on any atom is 0.191 e. The number of anilines is 1. The molecule has 0 amide bonds. The van der Waals surface area contributed by atoms with E-state index in [1.54, 1.807) is 6.20 Å². The Labute approximate surface area is 179 Å². The second-order valence-corrected chi connectivity index (χ2v) is 5.70. The zero-order chi connectivity index (χ0) is 18.3. The van der Waals surface area contributed by atoms with Gasteiger partial charge in [0.15, 0.2) is 5.96 Å². The third-order valence-electron chi connectivity index (χ3n) is 3.58. The fourth-order valence-electron chi connectivity index (χ4n) is 2.31. The molecule has 2 rings (SSSR count). The largest absolute Gasteiger partial charge is 0.492 e. The van der Waals surface area contributed by atoms with Crippen molar-refractivity contribution in [2.45, 2.75) is 19.8 Å². The van der Waals surface area contributed by atoms with Gasteiger partial charge >= 0.3 is 0 Å². The van der Waals surface area contributed by atoms with Crippen LogP contribution in [0.3, 0.4) is 0 Å². The molecule has 0 radical (unpaired) electrons. The molecule has 0 atom stereocenters. The van der Waals surface area contributed by atoms with E-state index in [0.717, 1.165) is 50.0 Å². The van der Waals surface area contributed by atoms with Crippen LogP contribution in [0, 0.1) is 0 Å². The predicted molar refractivity (Wildman–Crippen MR) is 123 cm³/mol. The first-order chi connectivity index (χ1) is 12.9. The minimum Gasteiger partial charge on any atom is -0.492 e. The van der Waals surface area contributed by atoms with E-state index >= 15 is 0 Å². The first-order valence-corrected chi connectivity index (χ1v) is 9.23. The van der Waals surface area contributed by atoms with Crippen molar-refractivity contribution in [3.8, 4) is 5.75 Å². The fourth-order valence-corrected chi connectivity index (χ4v) is 2.31. The van der Waals surface area contributed by atoms with Crippen LogP contribution < -0.4 is 20.7 Å². The van der Waals surface area contributed by atoms with Crippen molar-refractivity contribution in [3.63, 3.8) is 0 Å². The number of ether oxygens (including phenoxy) is 1. The lowest BCUT2D eigenvalue weighted by Gasteiger charge is -2.12. The Kier molecular flexibility index (Phi) is 12.8. The van der Waals surface area contributed by atoms with Crippen molar-refractivity contribution in [1.29, 1.82) is 0 Å². The first kappa shape index (κ1) is 23.0. The molecule has 0 spiro atoms. The molecule has 1 heterocycles. The van der Waals surface area contributed by atoms with Gasteiger partial charge in [-0.15, -0.1) is 24.0 Å². The Morgan fingerprint density at radius 3 is 2.56 bits per heavy atom. The summed E-state index contributed by atoms with van der Waals surface area (Å²) in [4.78, 5) is 8.84. The molecule has 148 valence electrons. The summed E-state index contributed by atoms with van der Waals surface area (Å²) in [5, 5.41) is 9.86. The molecular weight excluding hydrogens is 453 g/mol. The molecule has 1 aromatic heterocycles. The molecule has 6 nitrogen and oxygen atoms in total. The average molecular weight is 483 g/mol. The summed E-state index contributed by atoms with van der Waals surface area (Å²) >= 11 is 0. The van der Waals surface area contributed by atoms with E-state index in [9.17, 15) is 0 Å². The van der Waals surface area contributed by atoms with Crippen molar-refractivity contribution in [2.24, 2.45) is 4.99 Å². The molecule has 0 aliphatic carbocycles. The van der Waals surface area contributed by atoms with Gasteiger partial charge in [0, 0.05) is 25.8 Å². The van der Waals surface area contributed by atoms with Crippen molar-refractivity contribution in [1.82, 2.24) is 15.6 Å². The van der Waals surface area contributed by atoms with Crippen LogP contribution in [0.25, 0.3) is 0 Å². The summed E-state index contributed by atoms with van der Waals surface area (Å²) in [7, 11) is 0. The summed E-state index contributed by atoms with van der Waals surface area (Å²) in [5.41, 5.74) is 0. The number of aliphatic imine (C=N–C) groups is 1. The molecule has 0 bridgehead atoms. The van der Waals surface area contributed by atoms with Crippen molar-refractivity contribution >= 4 is 35.8 Å². The van der Waals surface area contributed by atoms with Crippen LogP contribution >= 0.6 is 24.0 Å². The standard InChI is InChI=1S/C20H29N5O.HI/c1-2-21-20(25-16-17-26-18-10-4-3-5-11-18)24-15-9-8-14-23-19-12-6-7-13-22-19;/h3-7,10-13H,2,8-9,14-17H2,1H3,(H,22,23)(H2,21,24,25);1H. The topological polar surface area (TPSA) is 70.6 Å². The first-order valence-electron chi connectivity index (χ1n) is 9.23. The number of benzene rings is 1. The molecule has 0 aliphatic rings. The van der Waals surface area contributed by atoms with E-state index in [0.29, 0.717) is 13.2 Å². The molecule has 0 saturated heterocycles. The van der Waals surface area contributed by atoms with Crippen molar-refractivity contribution in [2.75, 3.05) is 38.1 Å². The van der Waals surface area contributed by atoms with Gasteiger partial charge in [0.05, 0.1) is 6.54 Å². The van der Waals surface area contributed by atoms with E-state index in [-0.39, 0.29) is 24.0 Å². The number of para-hydroxylation sites is 1. The van der Waals surface area contributed by atoms with Crippen molar-refractivity contribution < 1.29 is 4.74 Å². The zero-order valence-electron chi connectivity index (χ0n) is 15.9. The van der Waals surface area contributed by atoms with E-state index in [2.05, 4.69) is 32.9 Å². The Balaban J connectivity index is 0.00000364. The highest BCUT2D eigenvalue weighted by Crippen LogP contribution is 2.07. The number of pyridine rings is 1. The molecule has 7 heteroatoms. The predicted octanol–water partition coefficient (Wildman–Crippen LogP) is 3.53. The van der Waals surface area contributed by atoms with Crippen LogP contribution in [-0.2, 0) is 0 Å². The SMILES string of the molecule is CCNC(=NCCCCNc1ccccn1)NCCOc1ccccc1.I. The Bertz CT molecular complexity index is 625. The fraction of sp³-hybridized carbons (Fsp3) is 0.400. The highest BCUT2D eigenvalue weighted by molar-refractivity contribution is 14.0. The van der Waals surface area contributed by atoms with Crippen LogP contribution in [0.1, 0.15) is 19.8 Å². The van der Waals surface area contributed by atoms with Gasteiger partial charge < -0.3 is 20.7 Å². The number of unbranched alkanes of at least 4 members (excludes halogenated alkanes) is 1. The molecule has 2 aromatic rings. The number of aromatic nitrogens is 1. The second-order valence-electron chi connectivity index (χ2n) is 5.70. The highest BCUT2D eigenvalue weighted by atomic mass is 127. The highest BCUT2D eigenvalue weighted by Gasteiger charge is 1.98. The molecule has 1 aromatic carbocycles. The molecule has 0 aliphatic heterocycles. The molecule has 0 unspecified atom stereocenters. The quantitative estimate of drug-likeness (QED) is 0.198. The normalized spacial score (nSPS) is 10.6. The Hall–Kier alpha value is -2.03. The monoisotopic (exact) mass is 483 g/mol. The van der Waals surface area contributed by atoms with E-state index in [1.807, 2.05) is 48.5 Å². The van der Waals surface area contributed by atoms with Crippen LogP contribution in [-0.4, -0.2) is 43.7 Å². The summed E-state index contributed by atoms with van der Waals surface area (Å²) < 4.78 is 5.67. The van der Waals surface area contributed by atoms with Gasteiger partial charge in [-0.3, -0.25) is 4.99 Å². The number of hydrogen-bond donors (Lipinski definition) is 3. The molecule has 0 saturated carbocycles. The number of hydrogen-bond acceptors (Lipinski definition) is 4. The molecular formula is C20H30IN5O. The van der Waals surface area contributed by atoms with Gasteiger partial charge in [0.25, 0.3) is 0 Å². The van der Waals surface area contributed by atoms with Gasteiger partial charge in [0.2, 0.25) is 0 Å². The van der Waals surface area contributed by atoms with Gasteiger partial charge in [-0.25, -0.2) is 4.98 Å². The summed E-state index contributed by atoms with van der Waals surface area (Å²) in [6.07, 6.45) is 3.87. The van der Waals surface area contributed by atoms with Crippen LogP contribution in [0.15, 0.2) is 59.7 Å². The third-order valence-corrected chi connectivity index (χ3v) is 3.58. The average Bonchev–Trinajstić information content (AvgIpc) is 2.69. The minimum absolute atomic E-state index is 0. The van der Waals surface area contributed by atoms with Gasteiger partial charge in [-0.2, -0.15) is 0 Å². The number of nitrogens with one attached hydrogen (secondary N) is 3. The number of rotatable bonds is 11. The van der Waals surface area contributed by atoms with Crippen LogP contribution in [0.2, 0.25) is 0 Å². The van der Waals surface area contributed by atoms with Gasteiger partial charge in [0.1, 0.15) is 18.2 Å². The van der Waals surface area contributed by atoms with E-state index in [1.165, 1.54) is 0 Å². The Morgan fingerprint density at radius 1 is 1.00 bits per heavy atom.